The minimum atomic E-state index is 0.0372. The first-order valence-corrected chi connectivity index (χ1v) is 11.5. The van der Waals surface area contributed by atoms with Crippen molar-refractivity contribution >= 4 is 6.03 Å². The van der Waals surface area contributed by atoms with E-state index >= 15 is 0 Å². The number of hydrogen-bond acceptors (Lipinski definition) is 4. The summed E-state index contributed by atoms with van der Waals surface area (Å²) in [6.07, 6.45) is 9.91. The molecule has 0 aromatic carbocycles. The second-order valence-electron chi connectivity index (χ2n) is 8.82. The van der Waals surface area contributed by atoms with Crippen LogP contribution < -0.4 is 10.6 Å². The van der Waals surface area contributed by atoms with E-state index in [2.05, 4.69) is 10.6 Å². The molecule has 2 N–H and O–H groups in total. The van der Waals surface area contributed by atoms with Crippen LogP contribution in [0.15, 0.2) is 0 Å². The average Bonchev–Trinajstić information content (AvgIpc) is 2.91. The molecule has 162 valence electrons. The number of urea groups is 1. The quantitative estimate of drug-likeness (QED) is 0.442. The molecule has 3 aliphatic carbocycles. The Kier molecular flexibility index (Phi) is 9.35. The Morgan fingerprint density at radius 2 is 1.54 bits per heavy atom. The topological polar surface area (TPSA) is 68.8 Å². The maximum absolute atomic E-state index is 12.3. The molecule has 0 saturated heterocycles. The third-order valence-electron chi connectivity index (χ3n) is 6.77. The minimum Gasteiger partial charge on any atom is -0.379 e. The lowest BCUT2D eigenvalue weighted by molar-refractivity contribution is 0.0162. The smallest absolute Gasteiger partial charge is 0.315 e. The summed E-state index contributed by atoms with van der Waals surface area (Å²) in [6, 6.07) is 0.454. The summed E-state index contributed by atoms with van der Waals surface area (Å²) in [5, 5.41) is 6.34. The third kappa shape index (κ3) is 6.89. The third-order valence-corrected chi connectivity index (χ3v) is 6.77. The van der Waals surface area contributed by atoms with Crippen LogP contribution in [0.1, 0.15) is 58.3 Å². The van der Waals surface area contributed by atoms with Gasteiger partial charge in [-0.3, -0.25) is 0 Å². The second kappa shape index (κ2) is 12.0. The fraction of sp³-hybridized carbons (Fsp3) is 0.955. The minimum absolute atomic E-state index is 0.0372. The van der Waals surface area contributed by atoms with Crippen LogP contribution in [-0.4, -0.2) is 58.3 Å². The summed E-state index contributed by atoms with van der Waals surface area (Å²) in [5.41, 5.74) is 0. The zero-order valence-electron chi connectivity index (χ0n) is 17.6. The molecule has 3 bridgehead atoms. The Morgan fingerprint density at radius 3 is 2.32 bits per heavy atom. The van der Waals surface area contributed by atoms with Crippen molar-refractivity contribution in [2.45, 2.75) is 64.3 Å². The molecule has 3 fully saturated rings. The van der Waals surface area contributed by atoms with Crippen LogP contribution in [0.25, 0.3) is 0 Å². The molecule has 0 spiro atoms. The fourth-order valence-corrected chi connectivity index (χ4v) is 5.63. The standard InChI is InChI=1S/C22H40N2O4/c1-2-26-8-9-28-11-10-27-7-5-3-4-6-23-22(25)24-21-16-18-12-17-13-19(14-18)20(21)15-17/h17-21H,2-16H2,1H3,(H2,23,24,25). The lowest BCUT2D eigenvalue weighted by Crippen LogP contribution is -2.49. The molecule has 3 aliphatic rings. The van der Waals surface area contributed by atoms with Gasteiger partial charge in [-0.15, -0.1) is 0 Å². The van der Waals surface area contributed by atoms with Crippen LogP contribution in [0.3, 0.4) is 0 Å². The number of ether oxygens (including phenoxy) is 3. The summed E-state index contributed by atoms with van der Waals surface area (Å²) >= 11 is 0. The predicted octanol–water partition coefficient (Wildman–Crippen LogP) is 3.35. The summed E-state index contributed by atoms with van der Waals surface area (Å²) in [5.74, 6) is 3.45. The van der Waals surface area contributed by atoms with Crippen LogP contribution in [0.5, 0.6) is 0 Å². The lowest BCUT2D eigenvalue weighted by atomic mass is 9.70. The molecule has 5 unspecified atom stereocenters. The van der Waals surface area contributed by atoms with Gasteiger partial charge in [0.05, 0.1) is 26.4 Å². The number of fused-ring (bicyclic) bond motifs is 2. The van der Waals surface area contributed by atoms with Crippen molar-refractivity contribution in [2.75, 3.05) is 46.2 Å². The van der Waals surface area contributed by atoms with E-state index in [1.54, 1.807) is 0 Å². The summed E-state index contributed by atoms with van der Waals surface area (Å²) < 4.78 is 16.2. The van der Waals surface area contributed by atoms with Crippen LogP contribution in [0, 0.1) is 23.7 Å². The first kappa shape index (κ1) is 21.8. The number of amides is 2. The zero-order chi connectivity index (χ0) is 19.6. The average molecular weight is 397 g/mol. The normalized spacial score (nSPS) is 30.5. The summed E-state index contributed by atoms with van der Waals surface area (Å²) in [4.78, 5) is 12.3. The molecule has 0 aromatic rings. The van der Waals surface area contributed by atoms with Crippen molar-refractivity contribution < 1.29 is 19.0 Å². The van der Waals surface area contributed by atoms with Crippen molar-refractivity contribution in [1.29, 1.82) is 0 Å². The Morgan fingerprint density at radius 1 is 0.821 bits per heavy atom. The van der Waals surface area contributed by atoms with Crippen LogP contribution in [0.2, 0.25) is 0 Å². The number of carbonyl (C=O) groups is 1. The van der Waals surface area contributed by atoms with Gasteiger partial charge in [0.1, 0.15) is 0 Å². The van der Waals surface area contributed by atoms with Crippen molar-refractivity contribution in [1.82, 2.24) is 10.6 Å². The molecule has 0 radical (unpaired) electrons. The first-order valence-electron chi connectivity index (χ1n) is 11.5. The van der Waals surface area contributed by atoms with E-state index in [0.717, 1.165) is 62.7 Å². The van der Waals surface area contributed by atoms with Gasteiger partial charge >= 0.3 is 6.03 Å². The highest BCUT2D eigenvalue weighted by molar-refractivity contribution is 5.74. The Bertz CT molecular complexity index is 460. The monoisotopic (exact) mass is 396 g/mol. The molecule has 6 nitrogen and oxygen atoms in total. The molecule has 3 rings (SSSR count). The number of hydrogen-bond donors (Lipinski definition) is 2. The number of carbonyl (C=O) groups excluding carboxylic acids is 1. The molecule has 0 aliphatic heterocycles. The van der Waals surface area contributed by atoms with E-state index in [4.69, 9.17) is 14.2 Å². The van der Waals surface area contributed by atoms with Gasteiger partial charge in [0, 0.05) is 25.8 Å². The van der Waals surface area contributed by atoms with Crippen molar-refractivity contribution in [3.63, 3.8) is 0 Å². The molecule has 5 atom stereocenters. The zero-order valence-corrected chi connectivity index (χ0v) is 17.6. The molecular formula is C22H40N2O4. The van der Waals surface area contributed by atoms with Gasteiger partial charge in [-0.1, -0.05) is 0 Å². The fourth-order valence-electron chi connectivity index (χ4n) is 5.63. The number of rotatable bonds is 14. The lowest BCUT2D eigenvalue weighted by Gasteiger charge is -2.39. The van der Waals surface area contributed by atoms with E-state index in [0.29, 0.717) is 32.5 Å². The summed E-state index contributed by atoms with van der Waals surface area (Å²) in [6.45, 7) is 6.77. The predicted molar refractivity (Wildman–Crippen MR) is 109 cm³/mol. The number of nitrogens with one attached hydrogen (secondary N) is 2. The highest BCUT2D eigenvalue weighted by Gasteiger charge is 2.49. The second-order valence-corrected chi connectivity index (χ2v) is 8.82. The van der Waals surface area contributed by atoms with Gasteiger partial charge in [0.15, 0.2) is 0 Å². The molecule has 0 heterocycles. The Hall–Kier alpha value is -0.850. The molecule has 2 amide bonds. The maximum atomic E-state index is 12.3. The van der Waals surface area contributed by atoms with Gasteiger partial charge in [0.2, 0.25) is 0 Å². The van der Waals surface area contributed by atoms with Crippen LogP contribution in [0.4, 0.5) is 4.79 Å². The SMILES string of the molecule is CCOCCOCCOCCCCCNC(=O)NC1CC2CC3CC(C2)C1C3. The van der Waals surface area contributed by atoms with Crippen LogP contribution >= 0.6 is 0 Å². The molecule has 6 heteroatoms. The Balaban J connectivity index is 1.12. The van der Waals surface area contributed by atoms with E-state index in [1.165, 1.54) is 32.1 Å². The molecule has 3 saturated carbocycles. The van der Waals surface area contributed by atoms with Gasteiger partial charge in [0.25, 0.3) is 0 Å². The van der Waals surface area contributed by atoms with E-state index < -0.39 is 0 Å². The highest BCUT2D eigenvalue weighted by atomic mass is 16.5. The number of unbranched alkanes of at least 4 members (excludes halogenated alkanes) is 2. The van der Waals surface area contributed by atoms with E-state index in [9.17, 15) is 4.79 Å². The van der Waals surface area contributed by atoms with Gasteiger partial charge in [-0.2, -0.15) is 0 Å². The van der Waals surface area contributed by atoms with Crippen molar-refractivity contribution in [3.05, 3.63) is 0 Å². The van der Waals surface area contributed by atoms with Crippen LogP contribution in [-0.2, 0) is 14.2 Å². The van der Waals surface area contributed by atoms with Gasteiger partial charge in [-0.25, -0.2) is 4.79 Å². The Labute approximate surface area is 170 Å². The maximum Gasteiger partial charge on any atom is 0.315 e. The van der Waals surface area contributed by atoms with Gasteiger partial charge < -0.3 is 24.8 Å². The van der Waals surface area contributed by atoms with Gasteiger partial charge in [-0.05, 0) is 82.0 Å². The molecule has 28 heavy (non-hydrogen) atoms. The largest absolute Gasteiger partial charge is 0.379 e. The van der Waals surface area contributed by atoms with Crippen molar-refractivity contribution in [2.24, 2.45) is 23.7 Å². The van der Waals surface area contributed by atoms with Crippen molar-refractivity contribution in [3.8, 4) is 0 Å². The van der Waals surface area contributed by atoms with E-state index in [-0.39, 0.29) is 6.03 Å². The summed E-state index contributed by atoms with van der Waals surface area (Å²) in [7, 11) is 0. The molecular weight excluding hydrogens is 356 g/mol. The molecule has 0 aromatic heterocycles. The highest BCUT2D eigenvalue weighted by Crippen LogP contribution is 2.55. The van der Waals surface area contributed by atoms with E-state index in [1.807, 2.05) is 6.92 Å². The first-order chi connectivity index (χ1) is 13.8.